The van der Waals surface area contributed by atoms with E-state index in [0.29, 0.717) is 0 Å². The molecule has 0 rings (SSSR count). The molecule has 0 saturated carbocycles. The number of rotatable bonds is 5. The number of hydrogen-bond acceptors (Lipinski definition) is 2. The SMILES string of the molecule is CC(SCCC(F)F)C(=O)O. The molecule has 0 amide bonds. The number of carboxylic acids is 1. The van der Waals surface area contributed by atoms with E-state index in [9.17, 15) is 13.6 Å². The molecule has 0 bridgehead atoms. The molecule has 5 heteroatoms. The number of hydrogen-bond donors (Lipinski definition) is 1. The molecular weight excluding hydrogens is 174 g/mol. The lowest BCUT2D eigenvalue weighted by atomic mass is 10.5. The Labute approximate surface area is 68.0 Å². The van der Waals surface area contributed by atoms with Gasteiger partial charge in [0, 0.05) is 6.42 Å². The third-order valence-electron chi connectivity index (χ3n) is 1.05. The van der Waals surface area contributed by atoms with Crippen LogP contribution in [0.3, 0.4) is 0 Å². The van der Waals surface area contributed by atoms with Crippen LogP contribution in [0.25, 0.3) is 0 Å². The Kier molecular flexibility index (Phi) is 5.19. The number of alkyl halides is 2. The second kappa shape index (κ2) is 5.35. The van der Waals surface area contributed by atoms with Crippen molar-refractivity contribution in [1.82, 2.24) is 0 Å². The summed E-state index contributed by atoms with van der Waals surface area (Å²) in [6.07, 6.45) is -2.56. The molecule has 0 spiro atoms. The summed E-state index contributed by atoms with van der Waals surface area (Å²) in [5, 5.41) is 7.75. The predicted molar refractivity (Wildman–Crippen MR) is 40.2 cm³/mol. The molecule has 0 saturated heterocycles. The number of halogens is 2. The minimum absolute atomic E-state index is 0.200. The Hall–Kier alpha value is -0.320. The van der Waals surface area contributed by atoms with Gasteiger partial charge in [0.25, 0.3) is 0 Å². The van der Waals surface area contributed by atoms with Crippen molar-refractivity contribution in [3.8, 4) is 0 Å². The molecule has 1 unspecified atom stereocenters. The van der Waals surface area contributed by atoms with Crippen molar-refractivity contribution >= 4 is 17.7 Å². The monoisotopic (exact) mass is 184 g/mol. The fourth-order valence-corrected chi connectivity index (χ4v) is 1.22. The van der Waals surface area contributed by atoms with Crippen LogP contribution in [-0.4, -0.2) is 28.5 Å². The van der Waals surface area contributed by atoms with Crippen molar-refractivity contribution in [1.29, 1.82) is 0 Å². The van der Waals surface area contributed by atoms with Gasteiger partial charge in [-0.25, -0.2) is 8.78 Å². The van der Waals surface area contributed by atoms with Gasteiger partial charge in [-0.3, -0.25) is 4.79 Å². The quantitative estimate of drug-likeness (QED) is 0.708. The van der Waals surface area contributed by atoms with Gasteiger partial charge in [-0.2, -0.15) is 0 Å². The molecule has 0 aliphatic heterocycles. The van der Waals surface area contributed by atoms with E-state index in [-0.39, 0.29) is 12.2 Å². The van der Waals surface area contributed by atoms with Crippen LogP contribution < -0.4 is 0 Å². The molecule has 0 aliphatic carbocycles. The number of carbonyl (C=O) groups is 1. The summed E-state index contributed by atoms with van der Waals surface area (Å²) in [5.74, 6) is -0.755. The highest BCUT2D eigenvalue weighted by Gasteiger charge is 2.11. The first-order valence-electron chi connectivity index (χ1n) is 3.16. The number of carboxylic acid groups (broad SMARTS) is 1. The van der Waals surface area contributed by atoms with Crippen molar-refractivity contribution in [2.24, 2.45) is 0 Å². The zero-order valence-electron chi connectivity index (χ0n) is 6.09. The first kappa shape index (κ1) is 10.7. The van der Waals surface area contributed by atoms with E-state index >= 15 is 0 Å². The summed E-state index contributed by atoms with van der Waals surface area (Å²) in [6.45, 7) is 1.48. The Morgan fingerprint density at radius 2 is 2.18 bits per heavy atom. The van der Waals surface area contributed by atoms with Gasteiger partial charge in [0.05, 0.1) is 5.25 Å². The maximum absolute atomic E-state index is 11.5. The van der Waals surface area contributed by atoms with E-state index in [0.717, 1.165) is 11.8 Å². The van der Waals surface area contributed by atoms with Gasteiger partial charge in [0.15, 0.2) is 0 Å². The van der Waals surface area contributed by atoms with E-state index in [1.807, 2.05) is 0 Å². The summed E-state index contributed by atoms with van der Waals surface area (Å²) in [6, 6.07) is 0. The van der Waals surface area contributed by atoms with Crippen LogP contribution >= 0.6 is 11.8 Å². The van der Waals surface area contributed by atoms with Crippen LogP contribution in [0.1, 0.15) is 13.3 Å². The molecule has 0 radical (unpaired) electrons. The highest BCUT2D eigenvalue weighted by atomic mass is 32.2. The maximum atomic E-state index is 11.5. The molecule has 0 fully saturated rings. The van der Waals surface area contributed by atoms with E-state index in [1.54, 1.807) is 0 Å². The molecular formula is C6H10F2O2S. The van der Waals surface area contributed by atoms with Crippen LogP contribution in [0.15, 0.2) is 0 Å². The smallest absolute Gasteiger partial charge is 0.316 e. The normalized spacial score (nSPS) is 13.5. The lowest BCUT2D eigenvalue weighted by Crippen LogP contribution is -2.12. The lowest BCUT2D eigenvalue weighted by Gasteiger charge is -2.04. The van der Waals surface area contributed by atoms with Crippen LogP contribution in [0.2, 0.25) is 0 Å². The highest BCUT2D eigenvalue weighted by molar-refractivity contribution is 8.00. The highest BCUT2D eigenvalue weighted by Crippen LogP contribution is 2.14. The molecule has 0 aliphatic rings. The third-order valence-corrected chi connectivity index (χ3v) is 2.22. The molecule has 0 aromatic rings. The van der Waals surface area contributed by atoms with Gasteiger partial charge in [0.1, 0.15) is 0 Å². The van der Waals surface area contributed by atoms with E-state index in [1.165, 1.54) is 6.92 Å². The van der Waals surface area contributed by atoms with Crippen molar-refractivity contribution < 1.29 is 18.7 Å². The van der Waals surface area contributed by atoms with Gasteiger partial charge in [-0.05, 0) is 12.7 Å². The molecule has 0 heterocycles. The molecule has 0 aromatic heterocycles. The number of aliphatic carboxylic acids is 1. The second-order valence-corrected chi connectivity index (χ2v) is 3.48. The molecule has 1 atom stereocenters. The standard InChI is InChI=1S/C6H10F2O2S/c1-4(6(9)10)11-3-2-5(7)8/h4-5H,2-3H2,1H3,(H,9,10). The second-order valence-electron chi connectivity index (χ2n) is 2.03. The average molecular weight is 184 g/mol. The van der Waals surface area contributed by atoms with Crippen molar-refractivity contribution in [3.05, 3.63) is 0 Å². The summed E-state index contributed by atoms with van der Waals surface area (Å²) in [4.78, 5) is 10.2. The molecule has 1 N–H and O–H groups in total. The van der Waals surface area contributed by atoms with Crippen LogP contribution in [0.4, 0.5) is 8.78 Å². The Balaban J connectivity index is 3.31. The summed E-state index contributed by atoms with van der Waals surface area (Å²) in [7, 11) is 0. The molecule has 0 aromatic carbocycles. The van der Waals surface area contributed by atoms with E-state index < -0.39 is 17.6 Å². The van der Waals surface area contributed by atoms with Gasteiger partial charge < -0.3 is 5.11 Å². The molecule has 11 heavy (non-hydrogen) atoms. The van der Waals surface area contributed by atoms with Crippen molar-refractivity contribution in [2.75, 3.05) is 5.75 Å². The number of thioether (sulfide) groups is 1. The van der Waals surface area contributed by atoms with Gasteiger partial charge in [-0.1, -0.05) is 0 Å². The van der Waals surface area contributed by atoms with Gasteiger partial charge >= 0.3 is 5.97 Å². The molecule has 2 nitrogen and oxygen atoms in total. The van der Waals surface area contributed by atoms with Crippen LogP contribution in [0.5, 0.6) is 0 Å². The largest absolute Gasteiger partial charge is 0.480 e. The average Bonchev–Trinajstić information content (AvgIpc) is 1.86. The predicted octanol–water partition coefficient (Wildman–Crippen LogP) is 1.85. The summed E-state index contributed by atoms with van der Waals surface area (Å²) >= 11 is 1.03. The summed E-state index contributed by atoms with van der Waals surface area (Å²) in [5.41, 5.74) is 0. The minimum Gasteiger partial charge on any atom is -0.480 e. The van der Waals surface area contributed by atoms with E-state index in [2.05, 4.69) is 0 Å². The first-order chi connectivity index (χ1) is 5.04. The van der Waals surface area contributed by atoms with Crippen molar-refractivity contribution in [2.45, 2.75) is 25.0 Å². The van der Waals surface area contributed by atoms with E-state index in [4.69, 9.17) is 5.11 Å². The lowest BCUT2D eigenvalue weighted by molar-refractivity contribution is -0.136. The Morgan fingerprint density at radius 1 is 1.64 bits per heavy atom. The molecule has 66 valence electrons. The Morgan fingerprint density at radius 3 is 2.55 bits per heavy atom. The Bertz CT molecular complexity index is 130. The van der Waals surface area contributed by atoms with Gasteiger partial charge in [0.2, 0.25) is 6.43 Å². The first-order valence-corrected chi connectivity index (χ1v) is 4.21. The topological polar surface area (TPSA) is 37.3 Å². The third kappa shape index (κ3) is 6.09. The van der Waals surface area contributed by atoms with Crippen LogP contribution in [0, 0.1) is 0 Å². The van der Waals surface area contributed by atoms with Crippen LogP contribution in [-0.2, 0) is 4.79 Å². The fraction of sp³-hybridized carbons (Fsp3) is 0.833. The zero-order valence-corrected chi connectivity index (χ0v) is 6.91. The van der Waals surface area contributed by atoms with Crippen molar-refractivity contribution in [3.63, 3.8) is 0 Å². The fourth-order valence-electron chi connectivity index (χ4n) is 0.405. The maximum Gasteiger partial charge on any atom is 0.316 e. The zero-order chi connectivity index (χ0) is 8.85. The summed E-state index contributed by atoms with van der Waals surface area (Å²) < 4.78 is 23.1. The van der Waals surface area contributed by atoms with Gasteiger partial charge in [-0.15, -0.1) is 11.8 Å². The minimum atomic E-state index is -2.33.